The van der Waals surface area contributed by atoms with E-state index >= 15 is 0 Å². The second kappa shape index (κ2) is 5.76. The Labute approximate surface area is 114 Å². The summed E-state index contributed by atoms with van der Waals surface area (Å²) in [6, 6.07) is 3.20. The quantitative estimate of drug-likeness (QED) is 0.928. The molecule has 1 aromatic carbocycles. The number of benzene rings is 1. The fourth-order valence-electron chi connectivity index (χ4n) is 1.39. The van der Waals surface area contributed by atoms with Crippen molar-refractivity contribution in [3.8, 4) is 6.07 Å². The van der Waals surface area contributed by atoms with Crippen LogP contribution in [0, 0.1) is 23.0 Å². The van der Waals surface area contributed by atoms with Crippen LogP contribution in [0.5, 0.6) is 0 Å². The Morgan fingerprint density at radius 2 is 1.95 bits per heavy atom. The van der Waals surface area contributed by atoms with Crippen molar-refractivity contribution in [1.29, 1.82) is 5.26 Å². The molecule has 19 heavy (non-hydrogen) atoms. The van der Waals surface area contributed by atoms with Crippen molar-refractivity contribution in [3.05, 3.63) is 34.9 Å². The zero-order valence-corrected chi connectivity index (χ0v) is 12.1. The van der Waals surface area contributed by atoms with Crippen LogP contribution in [0.3, 0.4) is 0 Å². The van der Waals surface area contributed by atoms with Gasteiger partial charge in [0.1, 0.15) is 0 Å². The molecular weight excluding hydrogens is 270 g/mol. The molecule has 0 aliphatic heterocycles. The number of hydrogen-bond donors (Lipinski definition) is 1. The number of nitrogens with one attached hydrogen (secondary N) is 1. The number of hydrogen-bond acceptors (Lipinski definition) is 2. The van der Waals surface area contributed by atoms with E-state index < -0.39 is 33.4 Å². The monoisotopic (exact) mass is 286 g/mol. The SMILES string of the molecule is C[C@@H](NS(=O)C(C)(C)C)c1cc(C#N)cc(F)c1F. The molecule has 0 aliphatic rings. The maximum Gasteiger partial charge on any atom is 0.163 e. The molecule has 1 unspecified atom stereocenters. The zero-order chi connectivity index (χ0) is 14.8. The summed E-state index contributed by atoms with van der Waals surface area (Å²) < 4.78 is 41.1. The highest BCUT2D eigenvalue weighted by atomic mass is 32.2. The van der Waals surface area contributed by atoms with Crippen molar-refractivity contribution in [2.45, 2.75) is 38.5 Å². The van der Waals surface area contributed by atoms with Crippen molar-refractivity contribution in [2.24, 2.45) is 0 Å². The predicted octanol–water partition coefficient (Wildman–Crippen LogP) is 2.95. The van der Waals surface area contributed by atoms with Crippen LogP contribution >= 0.6 is 0 Å². The maximum atomic E-state index is 13.7. The Kier molecular flexibility index (Phi) is 4.77. The molecular formula is C13H16F2N2OS. The normalized spacial score (nSPS) is 14.8. The Morgan fingerprint density at radius 3 is 2.42 bits per heavy atom. The minimum Gasteiger partial charge on any atom is -0.242 e. The highest BCUT2D eigenvalue weighted by Gasteiger charge is 2.24. The van der Waals surface area contributed by atoms with E-state index in [1.807, 2.05) is 0 Å². The van der Waals surface area contributed by atoms with Crippen molar-refractivity contribution >= 4 is 11.0 Å². The molecule has 1 N–H and O–H groups in total. The topological polar surface area (TPSA) is 52.9 Å². The first kappa shape index (κ1) is 15.7. The summed E-state index contributed by atoms with van der Waals surface area (Å²) in [6.07, 6.45) is 0. The molecule has 1 aromatic rings. The summed E-state index contributed by atoms with van der Waals surface area (Å²) in [7, 11) is -1.41. The third-order valence-electron chi connectivity index (χ3n) is 2.49. The van der Waals surface area contributed by atoms with Gasteiger partial charge in [-0.15, -0.1) is 0 Å². The molecule has 0 fully saturated rings. The van der Waals surface area contributed by atoms with E-state index in [2.05, 4.69) is 4.72 Å². The first-order chi connectivity index (χ1) is 8.66. The molecule has 2 atom stereocenters. The smallest absolute Gasteiger partial charge is 0.163 e. The lowest BCUT2D eigenvalue weighted by Gasteiger charge is -2.22. The summed E-state index contributed by atoms with van der Waals surface area (Å²) in [4.78, 5) is 0. The van der Waals surface area contributed by atoms with Crippen LogP contribution in [-0.2, 0) is 11.0 Å². The summed E-state index contributed by atoms with van der Waals surface area (Å²) in [6.45, 7) is 6.88. The minimum atomic E-state index is -1.41. The summed E-state index contributed by atoms with van der Waals surface area (Å²) in [5, 5.41) is 8.75. The third kappa shape index (κ3) is 3.82. The standard InChI is InChI=1S/C13H16F2N2OS/c1-8(17-19(18)13(2,3)4)10-5-9(7-16)6-11(14)12(10)15/h5-6,8,17H,1-4H3/t8-,19?/m1/s1. The molecule has 104 valence electrons. The Bertz CT molecular complexity index is 547. The molecule has 0 heterocycles. The number of nitrogens with zero attached hydrogens (tertiary/aromatic N) is 1. The molecule has 6 heteroatoms. The van der Waals surface area contributed by atoms with Gasteiger partial charge in [-0.1, -0.05) is 0 Å². The molecule has 0 saturated carbocycles. The van der Waals surface area contributed by atoms with E-state index in [1.165, 1.54) is 6.07 Å². The number of nitriles is 1. The molecule has 0 radical (unpaired) electrons. The van der Waals surface area contributed by atoms with Crippen molar-refractivity contribution in [3.63, 3.8) is 0 Å². The van der Waals surface area contributed by atoms with Crippen molar-refractivity contribution < 1.29 is 13.0 Å². The zero-order valence-electron chi connectivity index (χ0n) is 11.3. The van der Waals surface area contributed by atoms with Crippen molar-refractivity contribution in [2.75, 3.05) is 0 Å². The Balaban J connectivity index is 3.07. The average molecular weight is 286 g/mol. The van der Waals surface area contributed by atoms with Crippen molar-refractivity contribution in [1.82, 2.24) is 4.72 Å². The lowest BCUT2D eigenvalue weighted by Crippen LogP contribution is -2.35. The van der Waals surface area contributed by atoms with Crippen LogP contribution in [0.1, 0.15) is 44.9 Å². The van der Waals surface area contributed by atoms with E-state index in [4.69, 9.17) is 5.26 Å². The third-order valence-corrected chi connectivity index (χ3v) is 4.17. The summed E-state index contributed by atoms with van der Waals surface area (Å²) in [5.74, 6) is -2.10. The molecule has 0 spiro atoms. The molecule has 0 amide bonds. The molecule has 0 aliphatic carbocycles. The van der Waals surface area contributed by atoms with Gasteiger partial charge >= 0.3 is 0 Å². The van der Waals surface area contributed by atoms with Gasteiger partial charge in [-0.25, -0.2) is 17.7 Å². The predicted molar refractivity (Wildman–Crippen MR) is 70.5 cm³/mol. The van der Waals surface area contributed by atoms with Crippen LogP contribution in [-0.4, -0.2) is 8.96 Å². The van der Waals surface area contributed by atoms with Gasteiger partial charge in [-0.05, 0) is 39.8 Å². The molecule has 0 bridgehead atoms. The van der Waals surface area contributed by atoms with Crippen LogP contribution in [0.2, 0.25) is 0 Å². The van der Waals surface area contributed by atoms with Crippen LogP contribution in [0.25, 0.3) is 0 Å². The fourth-order valence-corrected chi connectivity index (χ4v) is 2.19. The van der Waals surface area contributed by atoms with Gasteiger partial charge in [0.15, 0.2) is 11.6 Å². The van der Waals surface area contributed by atoms with E-state index in [0.29, 0.717) is 0 Å². The first-order valence-corrected chi connectivity index (χ1v) is 6.89. The molecule has 1 rings (SSSR count). The first-order valence-electron chi connectivity index (χ1n) is 5.74. The van der Waals surface area contributed by atoms with Crippen LogP contribution in [0.4, 0.5) is 8.78 Å². The van der Waals surface area contributed by atoms with Gasteiger partial charge in [-0.3, -0.25) is 0 Å². The second-order valence-electron chi connectivity index (χ2n) is 5.19. The van der Waals surface area contributed by atoms with E-state index in [1.54, 1.807) is 33.8 Å². The highest BCUT2D eigenvalue weighted by molar-refractivity contribution is 7.84. The lowest BCUT2D eigenvalue weighted by molar-refractivity contribution is 0.487. The Hall–Kier alpha value is -1.32. The van der Waals surface area contributed by atoms with E-state index in [9.17, 15) is 13.0 Å². The molecule has 0 aromatic heterocycles. The van der Waals surface area contributed by atoms with E-state index in [-0.39, 0.29) is 11.1 Å². The van der Waals surface area contributed by atoms with E-state index in [0.717, 1.165) is 6.07 Å². The Morgan fingerprint density at radius 1 is 1.37 bits per heavy atom. The number of rotatable bonds is 3. The highest BCUT2D eigenvalue weighted by Crippen LogP contribution is 2.23. The van der Waals surface area contributed by atoms with Crippen LogP contribution < -0.4 is 4.72 Å². The van der Waals surface area contributed by atoms with Gasteiger partial charge in [-0.2, -0.15) is 5.26 Å². The van der Waals surface area contributed by atoms with Gasteiger partial charge in [0.25, 0.3) is 0 Å². The second-order valence-corrected chi connectivity index (χ2v) is 7.19. The number of halogens is 2. The summed E-state index contributed by atoms with van der Waals surface area (Å²) >= 11 is 0. The molecule has 0 saturated heterocycles. The average Bonchev–Trinajstić information content (AvgIpc) is 2.30. The lowest BCUT2D eigenvalue weighted by atomic mass is 10.1. The summed E-state index contributed by atoms with van der Waals surface area (Å²) in [5.41, 5.74) is 0.0261. The largest absolute Gasteiger partial charge is 0.242 e. The maximum absolute atomic E-state index is 13.7. The van der Waals surface area contributed by atoms with Crippen LogP contribution in [0.15, 0.2) is 12.1 Å². The van der Waals surface area contributed by atoms with Gasteiger partial charge in [0, 0.05) is 11.6 Å². The molecule has 3 nitrogen and oxygen atoms in total. The fraction of sp³-hybridized carbons (Fsp3) is 0.462. The van der Waals surface area contributed by atoms with Gasteiger partial charge in [0.2, 0.25) is 0 Å². The minimum absolute atomic E-state index is 0.00542. The van der Waals surface area contributed by atoms with Gasteiger partial charge in [0.05, 0.1) is 27.4 Å². The van der Waals surface area contributed by atoms with Gasteiger partial charge < -0.3 is 0 Å².